The van der Waals surface area contributed by atoms with Gasteiger partial charge in [-0.3, -0.25) is 13.8 Å². The lowest BCUT2D eigenvalue weighted by Gasteiger charge is -2.31. The topological polar surface area (TPSA) is 58.3 Å². The average molecular weight is 331 g/mol. The summed E-state index contributed by atoms with van der Waals surface area (Å²) < 4.78 is 4.32. The van der Waals surface area contributed by atoms with Gasteiger partial charge in [0.05, 0.1) is 11.0 Å². The van der Waals surface area contributed by atoms with Crippen LogP contribution in [0.15, 0.2) is 24.3 Å². The van der Waals surface area contributed by atoms with Crippen LogP contribution in [-0.4, -0.2) is 42.1 Å². The number of nitrogens with zero attached hydrogens (tertiary/aromatic N) is 4. The fraction of sp³-hybridized carbons (Fsp3) is 0.438. The molecule has 3 aromatic rings. The zero-order valence-corrected chi connectivity index (χ0v) is 14.6. The zero-order valence-electron chi connectivity index (χ0n) is 13.8. The van der Waals surface area contributed by atoms with Gasteiger partial charge in [0.1, 0.15) is 6.54 Å². The van der Waals surface area contributed by atoms with Gasteiger partial charge in [-0.15, -0.1) is 5.10 Å². The van der Waals surface area contributed by atoms with E-state index >= 15 is 0 Å². The van der Waals surface area contributed by atoms with Crippen molar-refractivity contribution >= 4 is 34.9 Å². The van der Waals surface area contributed by atoms with Gasteiger partial charge in [0.15, 0.2) is 0 Å². The maximum atomic E-state index is 12.8. The summed E-state index contributed by atoms with van der Waals surface area (Å²) in [7, 11) is 0. The fourth-order valence-electron chi connectivity index (χ4n) is 3.22. The first-order chi connectivity index (χ1) is 10.9. The molecule has 2 heterocycles. The zero-order chi connectivity index (χ0) is 16.7. The smallest absolute Gasteiger partial charge is 0.243 e. The van der Waals surface area contributed by atoms with Crippen molar-refractivity contribution in [3.05, 3.63) is 29.0 Å². The number of para-hydroxylation sites is 2. The van der Waals surface area contributed by atoms with E-state index in [-0.39, 0.29) is 24.5 Å². The normalized spacial score (nSPS) is 11.9. The molecule has 0 aliphatic heterocycles. The van der Waals surface area contributed by atoms with Gasteiger partial charge in [0, 0.05) is 12.1 Å². The van der Waals surface area contributed by atoms with Crippen LogP contribution >= 0.6 is 12.2 Å². The molecule has 2 aromatic heterocycles. The molecular formula is C16H21N5OS. The molecule has 0 spiro atoms. The Bertz CT molecular complexity index is 909. The van der Waals surface area contributed by atoms with E-state index in [0.717, 1.165) is 11.0 Å². The van der Waals surface area contributed by atoms with Gasteiger partial charge in [-0.1, -0.05) is 12.1 Å². The number of hydrogen-bond donors (Lipinski definition) is 1. The molecule has 7 heteroatoms. The number of imidazole rings is 1. The van der Waals surface area contributed by atoms with E-state index in [4.69, 9.17) is 12.2 Å². The number of benzene rings is 1. The molecule has 6 nitrogen and oxygen atoms in total. The quantitative estimate of drug-likeness (QED) is 0.748. The summed E-state index contributed by atoms with van der Waals surface area (Å²) in [5.41, 5.74) is 1.91. The maximum absolute atomic E-state index is 12.8. The third-order valence-corrected chi connectivity index (χ3v) is 4.28. The van der Waals surface area contributed by atoms with Gasteiger partial charge in [-0.25, -0.2) is 5.10 Å². The maximum Gasteiger partial charge on any atom is 0.243 e. The molecule has 0 fully saturated rings. The Kier molecular flexibility index (Phi) is 3.97. The Labute approximate surface area is 139 Å². The molecule has 1 amide bonds. The molecule has 0 radical (unpaired) electrons. The summed E-state index contributed by atoms with van der Waals surface area (Å²) in [4.78, 5) is 14.7. The highest BCUT2D eigenvalue weighted by atomic mass is 32.1. The second kappa shape index (κ2) is 5.81. The van der Waals surface area contributed by atoms with Crippen molar-refractivity contribution in [3.63, 3.8) is 0 Å². The van der Waals surface area contributed by atoms with Crippen molar-refractivity contribution < 1.29 is 4.79 Å². The first-order valence-corrected chi connectivity index (χ1v) is 8.18. The van der Waals surface area contributed by atoms with Gasteiger partial charge in [-0.2, -0.15) is 0 Å². The number of carbonyl (C=O) groups is 1. The van der Waals surface area contributed by atoms with E-state index in [1.54, 1.807) is 0 Å². The van der Waals surface area contributed by atoms with E-state index < -0.39 is 0 Å². The molecule has 0 saturated heterocycles. The van der Waals surface area contributed by atoms with Crippen LogP contribution in [0.2, 0.25) is 0 Å². The van der Waals surface area contributed by atoms with E-state index in [1.807, 2.05) is 65.8 Å². The number of nitrogens with one attached hydrogen (secondary N) is 1. The first kappa shape index (κ1) is 15.7. The van der Waals surface area contributed by atoms with E-state index in [2.05, 4.69) is 10.2 Å². The summed E-state index contributed by atoms with van der Waals surface area (Å²) in [6.07, 6.45) is 0. The second-order valence-electron chi connectivity index (χ2n) is 6.23. The molecule has 0 saturated carbocycles. The third kappa shape index (κ3) is 2.55. The second-order valence-corrected chi connectivity index (χ2v) is 6.61. The first-order valence-electron chi connectivity index (χ1n) is 7.77. The van der Waals surface area contributed by atoms with Gasteiger partial charge in [0.25, 0.3) is 0 Å². The number of H-pyrrole nitrogens is 1. The minimum atomic E-state index is 0.0761. The van der Waals surface area contributed by atoms with E-state index in [9.17, 15) is 4.79 Å². The number of hydrogen-bond acceptors (Lipinski definition) is 3. The molecule has 0 aliphatic carbocycles. The SMILES string of the molecule is CC(C)N(C(=O)Cn1c2ccccc2n2c(=S)[nH]nc12)C(C)C. The number of fused-ring (bicyclic) bond motifs is 3. The number of aromatic amines is 1. The summed E-state index contributed by atoms with van der Waals surface area (Å²) in [6, 6.07) is 8.19. The molecule has 3 rings (SSSR count). The van der Waals surface area contributed by atoms with Crippen LogP contribution in [0.25, 0.3) is 16.8 Å². The minimum Gasteiger partial charge on any atom is -0.336 e. The van der Waals surface area contributed by atoms with E-state index in [0.29, 0.717) is 10.5 Å². The third-order valence-electron chi connectivity index (χ3n) is 4.00. The molecule has 0 aliphatic rings. The van der Waals surface area contributed by atoms with Crippen molar-refractivity contribution in [3.8, 4) is 0 Å². The lowest BCUT2D eigenvalue weighted by atomic mass is 10.2. The van der Waals surface area contributed by atoms with Gasteiger partial charge in [0.2, 0.25) is 16.5 Å². The Hall–Kier alpha value is -2.15. The van der Waals surface area contributed by atoms with Crippen molar-refractivity contribution in [2.45, 2.75) is 46.3 Å². The highest BCUT2D eigenvalue weighted by Gasteiger charge is 2.22. The highest BCUT2D eigenvalue weighted by Crippen LogP contribution is 2.20. The van der Waals surface area contributed by atoms with Gasteiger partial charge in [-0.05, 0) is 52.0 Å². The van der Waals surface area contributed by atoms with Crippen LogP contribution in [0.3, 0.4) is 0 Å². The Balaban J connectivity index is 2.12. The standard InChI is InChI=1S/C16H21N5OS/c1-10(2)20(11(3)4)14(22)9-19-12-7-5-6-8-13(12)21-15(19)17-18-16(21)23/h5-8,10-11H,9H2,1-4H3,(H,18,23). The predicted octanol–water partition coefficient (Wildman–Crippen LogP) is 2.99. The lowest BCUT2D eigenvalue weighted by Crippen LogP contribution is -2.43. The molecule has 23 heavy (non-hydrogen) atoms. The summed E-state index contributed by atoms with van der Waals surface area (Å²) in [5.74, 6) is 0.740. The summed E-state index contributed by atoms with van der Waals surface area (Å²) >= 11 is 5.31. The molecule has 0 unspecified atom stereocenters. The summed E-state index contributed by atoms with van der Waals surface area (Å²) in [5, 5.41) is 7.10. The molecule has 122 valence electrons. The Morgan fingerprint density at radius 1 is 1.22 bits per heavy atom. The Morgan fingerprint density at radius 2 is 1.83 bits per heavy atom. The van der Waals surface area contributed by atoms with Crippen molar-refractivity contribution in [2.24, 2.45) is 0 Å². The van der Waals surface area contributed by atoms with Crippen molar-refractivity contribution in [1.29, 1.82) is 0 Å². The largest absolute Gasteiger partial charge is 0.336 e. The molecular weight excluding hydrogens is 310 g/mol. The van der Waals surface area contributed by atoms with E-state index in [1.165, 1.54) is 0 Å². The molecule has 1 aromatic carbocycles. The molecule has 0 bridgehead atoms. The van der Waals surface area contributed by atoms with Gasteiger partial charge < -0.3 is 4.90 Å². The number of rotatable bonds is 4. The van der Waals surface area contributed by atoms with Crippen LogP contribution in [0.5, 0.6) is 0 Å². The van der Waals surface area contributed by atoms with Crippen molar-refractivity contribution in [1.82, 2.24) is 24.1 Å². The van der Waals surface area contributed by atoms with Crippen LogP contribution in [0.4, 0.5) is 0 Å². The van der Waals surface area contributed by atoms with Crippen LogP contribution in [-0.2, 0) is 11.3 Å². The lowest BCUT2D eigenvalue weighted by molar-refractivity contribution is -0.135. The van der Waals surface area contributed by atoms with Crippen LogP contribution in [0, 0.1) is 4.77 Å². The van der Waals surface area contributed by atoms with Crippen molar-refractivity contribution in [2.75, 3.05) is 0 Å². The monoisotopic (exact) mass is 331 g/mol. The van der Waals surface area contributed by atoms with Crippen LogP contribution < -0.4 is 0 Å². The summed E-state index contributed by atoms with van der Waals surface area (Å²) in [6.45, 7) is 8.38. The minimum absolute atomic E-state index is 0.0761. The highest BCUT2D eigenvalue weighted by molar-refractivity contribution is 7.71. The average Bonchev–Trinajstić information content (AvgIpc) is 2.99. The predicted molar refractivity (Wildman–Crippen MR) is 93.0 cm³/mol. The fourth-order valence-corrected chi connectivity index (χ4v) is 3.45. The Morgan fingerprint density at radius 3 is 2.43 bits per heavy atom. The number of carbonyl (C=O) groups excluding carboxylic acids is 1. The van der Waals surface area contributed by atoms with Gasteiger partial charge >= 0.3 is 0 Å². The molecule has 0 atom stereocenters. The number of amides is 1. The van der Waals surface area contributed by atoms with Crippen LogP contribution in [0.1, 0.15) is 27.7 Å². The number of aromatic nitrogens is 4. The molecule has 1 N–H and O–H groups in total.